The van der Waals surface area contributed by atoms with E-state index in [1.807, 2.05) is 0 Å². The van der Waals surface area contributed by atoms with E-state index in [2.05, 4.69) is 10.3 Å². The molecule has 1 N–H and O–H groups in total. The SMILES string of the molecule is CN=C=O.CNC=O. The lowest BCUT2D eigenvalue weighted by Gasteiger charge is -1.64. The number of amides is 1. The number of carbonyl (C=O) groups excluding carboxylic acids is 2. The first kappa shape index (κ1) is 9.97. The molecular weight excluding hydrogens is 108 g/mol. The van der Waals surface area contributed by atoms with Crippen molar-refractivity contribution in [1.82, 2.24) is 5.32 Å². The number of aliphatic imine (C=N–C) groups is 1. The van der Waals surface area contributed by atoms with Crippen LogP contribution in [0.15, 0.2) is 4.99 Å². The third-order valence-corrected chi connectivity index (χ3v) is 0.209. The van der Waals surface area contributed by atoms with Crippen LogP contribution in [0.4, 0.5) is 0 Å². The van der Waals surface area contributed by atoms with Crippen LogP contribution in [0, 0.1) is 0 Å². The fourth-order valence-corrected chi connectivity index (χ4v) is 0. The Labute approximate surface area is 47.6 Å². The predicted octanol–water partition coefficient (Wildman–Crippen LogP) is -0.686. The average Bonchev–Trinajstić information content (AvgIpc) is 1.88. The van der Waals surface area contributed by atoms with E-state index in [4.69, 9.17) is 9.59 Å². The highest BCUT2D eigenvalue weighted by atomic mass is 16.1. The van der Waals surface area contributed by atoms with Gasteiger partial charge in [0.15, 0.2) is 0 Å². The zero-order chi connectivity index (χ0) is 6.83. The van der Waals surface area contributed by atoms with Gasteiger partial charge in [0.05, 0.1) is 0 Å². The first-order valence-corrected chi connectivity index (χ1v) is 1.90. The van der Waals surface area contributed by atoms with Crippen LogP contribution in [0.25, 0.3) is 0 Å². The van der Waals surface area contributed by atoms with E-state index in [1.54, 1.807) is 7.05 Å². The predicted molar refractivity (Wildman–Crippen MR) is 29.2 cm³/mol. The molecule has 0 rings (SSSR count). The van der Waals surface area contributed by atoms with Gasteiger partial charge < -0.3 is 5.32 Å². The highest BCUT2D eigenvalue weighted by Crippen LogP contribution is 1.28. The Hall–Kier alpha value is -1.15. The van der Waals surface area contributed by atoms with Crippen molar-refractivity contribution < 1.29 is 9.59 Å². The van der Waals surface area contributed by atoms with Crippen molar-refractivity contribution in [3.8, 4) is 0 Å². The summed E-state index contributed by atoms with van der Waals surface area (Å²) in [5, 5.41) is 2.25. The molecule has 1 amide bonds. The van der Waals surface area contributed by atoms with Gasteiger partial charge in [-0.2, -0.15) is 0 Å². The van der Waals surface area contributed by atoms with Crippen molar-refractivity contribution in [3.63, 3.8) is 0 Å². The summed E-state index contributed by atoms with van der Waals surface area (Å²) >= 11 is 0. The fourth-order valence-electron chi connectivity index (χ4n) is 0. The standard InChI is InChI=1S/C2H5NO.C2H3NO/c2*1-3-2-4/h2H,1H3,(H,3,4);1H3. The molecule has 0 unspecified atom stereocenters. The van der Waals surface area contributed by atoms with E-state index in [9.17, 15) is 0 Å². The van der Waals surface area contributed by atoms with Gasteiger partial charge in [0, 0.05) is 14.1 Å². The molecule has 0 aromatic carbocycles. The molecule has 0 aromatic heterocycles. The van der Waals surface area contributed by atoms with E-state index in [0.29, 0.717) is 6.41 Å². The van der Waals surface area contributed by atoms with Crippen LogP contribution in [0.2, 0.25) is 0 Å². The van der Waals surface area contributed by atoms with Crippen molar-refractivity contribution in [1.29, 1.82) is 0 Å². The lowest BCUT2D eigenvalue weighted by molar-refractivity contribution is -0.109. The Morgan fingerprint density at radius 3 is 2.00 bits per heavy atom. The van der Waals surface area contributed by atoms with Gasteiger partial charge in [-0.15, -0.1) is 0 Å². The Bertz CT molecular complexity index is 86.0. The normalized spacial score (nSPS) is 4.75. The minimum atomic E-state index is 0.625. The Balaban J connectivity index is 0. The van der Waals surface area contributed by atoms with Crippen LogP contribution in [-0.2, 0) is 9.59 Å². The number of hydrogen-bond donors (Lipinski definition) is 1. The molecular formula is C4H8N2O2. The van der Waals surface area contributed by atoms with Crippen molar-refractivity contribution in [2.75, 3.05) is 14.1 Å². The molecule has 0 aliphatic carbocycles. The number of nitrogens with one attached hydrogen (secondary N) is 1. The Kier molecular flexibility index (Phi) is 21.1. The molecule has 0 bridgehead atoms. The molecule has 4 nitrogen and oxygen atoms in total. The van der Waals surface area contributed by atoms with Gasteiger partial charge in [-0.05, 0) is 0 Å². The van der Waals surface area contributed by atoms with Crippen LogP contribution in [0.1, 0.15) is 0 Å². The van der Waals surface area contributed by atoms with Crippen LogP contribution in [0.3, 0.4) is 0 Å². The van der Waals surface area contributed by atoms with E-state index in [1.165, 1.54) is 13.1 Å². The first-order chi connectivity index (χ1) is 3.83. The van der Waals surface area contributed by atoms with Crippen LogP contribution < -0.4 is 5.32 Å². The lowest BCUT2D eigenvalue weighted by Crippen LogP contribution is -1.98. The molecule has 0 spiro atoms. The first-order valence-electron chi connectivity index (χ1n) is 1.90. The maximum absolute atomic E-state index is 9.06. The van der Waals surface area contributed by atoms with Gasteiger partial charge in [0.2, 0.25) is 12.5 Å². The maximum Gasteiger partial charge on any atom is 0.234 e. The molecule has 0 heterocycles. The smallest absolute Gasteiger partial charge is 0.234 e. The number of isocyanates is 1. The zero-order valence-corrected chi connectivity index (χ0v) is 4.84. The molecule has 0 fully saturated rings. The number of carbonyl (C=O) groups is 1. The molecule has 0 aromatic rings. The fraction of sp³-hybridized carbons (Fsp3) is 0.500. The lowest BCUT2D eigenvalue weighted by atomic mass is 11.2. The number of nitrogens with zero attached hydrogens (tertiary/aromatic N) is 1. The summed E-state index contributed by atoms with van der Waals surface area (Å²) < 4.78 is 0. The summed E-state index contributed by atoms with van der Waals surface area (Å²) in [5.41, 5.74) is 0. The van der Waals surface area contributed by atoms with E-state index >= 15 is 0 Å². The van der Waals surface area contributed by atoms with Gasteiger partial charge in [-0.25, -0.2) is 9.79 Å². The van der Waals surface area contributed by atoms with Crippen LogP contribution in [-0.4, -0.2) is 26.6 Å². The molecule has 0 aliphatic rings. The van der Waals surface area contributed by atoms with Gasteiger partial charge in [0.25, 0.3) is 0 Å². The zero-order valence-electron chi connectivity index (χ0n) is 4.84. The molecule has 0 saturated carbocycles. The Morgan fingerprint density at radius 1 is 1.75 bits per heavy atom. The van der Waals surface area contributed by atoms with Crippen LogP contribution >= 0.6 is 0 Å². The van der Waals surface area contributed by atoms with Crippen LogP contribution in [0.5, 0.6) is 0 Å². The summed E-state index contributed by atoms with van der Waals surface area (Å²) in [4.78, 5) is 20.9. The molecule has 0 radical (unpaired) electrons. The van der Waals surface area contributed by atoms with Crippen molar-refractivity contribution in [2.45, 2.75) is 0 Å². The van der Waals surface area contributed by atoms with E-state index < -0.39 is 0 Å². The second-order valence-corrected chi connectivity index (χ2v) is 0.721. The quantitative estimate of drug-likeness (QED) is 0.280. The third-order valence-electron chi connectivity index (χ3n) is 0.209. The van der Waals surface area contributed by atoms with Gasteiger partial charge >= 0.3 is 0 Å². The number of hydrogen-bond acceptors (Lipinski definition) is 3. The maximum atomic E-state index is 9.06. The summed E-state index contributed by atoms with van der Waals surface area (Å²) in [6.45, 7) is 0. The second-order valence-electron chi connectivity index (χ2n) is 0.721. The van der Waals surface area contributed by atoms with Crippen molar-refractivity contribution in [3.05, 3.63) is 0 Å². The summed E-state index contributed by atoms with van der Waals surface area (Å²) in [6, 6.07) is 0. The molecule has 0 aliphatic heterocycles. The van der Waals surface area contributed by atoms with E-state index in [0.717, 1.165) is 0 Å². The monoisotopic (exact) mass is 116 g/mol. The molecule has 46 valence electrons. The minimum absolute atomic E-state index is 0.625. The van der Waals surface area contributed by atoms with Crippen molar-refractivity contribution >= 4 is 12.5 Å². The molecule has 8 heavy (non-hydrogen) atoms. The van der Waals surface area contributed by atoms with Gasteiger partial charge in [0.1, 0.15) is 0 Å². The largest absolute Gasteiger partial charge is 0.362 e. The highest BCUT2D eigenvalue weighted by molar-refractivity contribution is 5.44. The minimum Gasteiger partial charge on any atom is -0.362 e. The summed E-state index contributed by atoms with van der Waals surface area (Å²) in [6.07, 6.45) is 1.93. The topological polar surface area (TPSA) is 58.5 Å². The highest BCUT2D eigenvalue weighted by Gasteiger charge is 1.43. The summed E-state index contributed by atoms with van der Waals surface area (Å²) in [7, 11) is 2.94. The second kappa shape index (κ2) is 16.9. The number of rotatable bonds is 1. The van der Waals surface area contributed by atoms with Crippen molar-refractivity contribution in [2.24, 2.45) is 4.99 Å². The molecule has 4 heteroatoms. The molecule has 0 atom stereocenters. The third kappa shape index (κ3) is 99.5. The average molecular weight is 116 g/mol. The Morgan fingerprint density at radius 2 is 2.00 bits per heavy atom. The van der Waals surface area contributed by atoms with Gasteiger partial charge in [-0.3, -0.25) is 4.79 Å². The van der Waals surface area contributed by atoms with Gasteiger partial charge in [-0.1, -0.05) is 0 Å². The molecule has 0 saturated heterocycles. The summed E-state index contributed by atoms with van der Waals surface area (Å²) in [5.74, 6) is 0. The van der Waals surface area contributed by atoms with E-state index in [-0.39, 0.29) is 0 Å².